The first kappa shape index (κ1) is 14.9. The van der Waals surface area contributed by atoms with Crippen LogP contribution in [0.3, 0.4) is 0 Å². The Kier molecular flexibility index (Phi) is 4.84. The summed E-state index contributed by atoms with van der Waals surface area (Å²) in [7, 11) is 0. The maximum atomic E-state index is 11.8. The largest absolute Gasteiger partial charge is 0.872 e. The molecule has 0 unspecified atom stereocenters. The van der Waals surface area contributed by atoms with Crippen molar-refractivity contribution in [1.82, 2.24) is 0 Å². The fraction of sp³-hybridized carbons (Fsp3) is 0.0667. The smallest absolute Gasteiger partial charge is 0.335 e. The Labute approximate surface area is 125 Å². The number of thioether (sulfide) groups is 1. The van der Waals surface area contributed by atoms with Crippen LogP contribution in [0.1, 0.15) is 10.4 Å². The fourth-order valence-electron chi connectivity index (χ4n) is 1.64. The van der Waals surface area contributed by atoms with Crippen molar-refractivity contribution < 1.29 is 19.8 Å². The van der Waals surface area contributed by atoms with E-state index in [2.05, 4.69) is 5.32 Å². The van der Waals surface area contributed by atoms with E-state index >= 15 is 0 Å². The number of carboxylic acid groups (broad SMARTS) is 1. The Hall–Kier alpha value is -2.47. The molecule has 0 aliphatic carbocycles. The number of hydrogen-bond donors (Lipinski definition) is 2. The van der Waals surface area contributed by atoms with E-state index in [1.165, 1.54) is 23.9 Å². The highest BCUT2D eigenvalue weighted by atomic mass is 32.2. The molecule has 2 aromatic carbocycles. The molecule has 0 saturated carbocycles. The topological polar surface area (TPSA) is 89.5 Å². The van der Waals surface area contributed by atoms with Crippen molar-refractivity contribution in [3.63, 3.8) is 0 Å². The highest BCUT2D eigenvalue weighted by Gasteiger charge is 2.07. The molecule has 0 heterocycles. The predicted octanol–water partition coefficient (Wildman–Crippen LogP) is 2.19. The molecule has 0 radical (unpaired) electrons. The minimum absolute atomic E-state index is 0.207. The molecule has 0 aromatic heterocycles. The van der Waals surface area contributed by atoms with Gasteiger partial charge in [-0.15, -0.1) is 11.8 Å². The average molecular weight is 302 g/mol. The first-order chi connectivity index (χ1) is 10.1. The summed E-state index contributed by atoms with van der Waals surface area (Å²) in [6.07, 6.45) is 0. The zero-order valence-electron chi connectivity index (χ0n) is 10.9. The number of amides is 1. The van der Waals surface area contributed by atoms with Gasteiger partial charge in [-0.05, 0) is 30.3 Å². The molecule has 6 heteroatoms. The summed E-state index contributed by atoms with van der Waals surface area (Å²) in [4.78, 5) is 23.5. The van der Waals surface area contributed by atoms with Crippen molar-refractivity contribution in [2.45, 2.75) is 4.90 Å². The van der Waals surface area contributed by atoms with Crippen LogP contribution in [0.2, 0.25) is 0 Å². The molecule has 0 bridgehead atoms. The molecule has 21 heavy (non-hydrogen) atoms. The quantitative estimate of drug-likeness (QED) is 0.826. The van der Waals surface area contributed by atoms with Gasteiger partial charge < -0.3 is 15.5 Å². The van der Waals surface area contributed by atoms with Crippen LogP contribution in [0.4, 0.5) is 5.69 Å². The number of anilines is 1. The molecule has 0 spiro atoms. The van der Waals surface area contributed by atoms with E-state index in [-0.39, 0.29) is 17.2 Å². The van der Waals surface area contributed by atoms with Gasteiger partial charge in [-0.2, -0.15) is 0 Å². The maximum Gasteiger partial charge on any atom is 0.335 e. The van der Waals surface area contributed by atoms with Gasteiger partial charge in [-0.3, -0.25) is 4.79 Å². The van der Waals surface area contributed by atoms with E-state index < -0.39 is 11.7 Å². The van der Waals surface area contributed by atoms with Gasteiger partial charge in [0.2, 0.25) is 5.91 Å². The van der Waals surface area contributed by atoms with Crippen molar-refractivity contribution in [2.24, 2.45) is 0 Å². The van der Waals surface area contributed by atoms with Crippen LogP contribution in [0, 0.1) is 0 Å². The zero-order valence-corrected chi connectivity index (χ0v) is 11.7. The molecule has 1 amide bonds. The summed E-state index contributed by atoms with van der Waals surface area (Å²) in [6, 6.07) is 13.1. The summed E-state index contributed by atoms with van der Waals surface area (Å²) in [5.74, 6) is -1.96. The molecule has 5 nitrogen and oxygen atoms in total. The lowest BCUT2D eigenvalue weighted by atomic mass is 10.2. The van der Waals surface area contributed by atoms with Crippen molar-refractivity contribution in [2.75, 3.05) is 11.1 Å². The molecular formula is C15H12NO4S-. The Morgan fingerprint density at radius 1 is 1.14 bits per heavy atom. The third kappa shape index (κ3) is 4.25. The number of benzene rings is 2. The molecule has 0 fully saturated rings. The molecule has 0 aliphatic heterocycles. The van der Waals surface area contributed by atoms with E-state index in [1.54, 1.807) is 0 Å². The summed E-state index contributed by atoms with van der Waals surface area (Å²) in [5, 5.41) is 22.8. The Bertz CT molecular complexity index is 658. The van der Waals surface area contributed by atoms with Crippen LogP contribution in [-0.2, 0) is 4.79 Å². The molecule has 0 atom stereocenters. The monoisotopic (exact) mass is 302 g/mol. The Balaban J connectivity index is 1.94. The number of carboxylic acids is 1. The normalized spacial score (nSPS) is 10.1. The van der Waals surface area contributed by atoms with Crippen LogP contribution in [0.25, 0.3) is 0 Å². The lowest BCUT2D eigenvalue weighted by Gasteiger charge is -2.12. The number of hydrogen-bond acceptors (Lipinski definition) is 4. The van der Waals surface area contributed by atoms with Gasteiger partial charge in [0.05, 0.1) is 11.3 Å². The summed E-state index contributed by atoms with van der Waals surface area (Å²) < 4.78 is 0. The lowest BCUT2D eigenvalue weighted by Crippen LogP contribution is -2.14. The minimum atomic E-state index is -1.28. The zero-order chi connectivity index (χ0) is 15.2. The second-order valence-corrected chi connectivity index (χ2v) is 5.21. The van der Waals surface area contributed by atoms with Gasteiger partial charge in [0, 0.05) is 10.6 Å². The summed E-state index contributed by atoms with van der Waals surface area (Å²) in [6.45, 7) is 0. The van der Waals surface area contributed by atoms with Crippen molar-refractivity contribution >= 4 is 29.3 Å². The molecule has 0 aliphatic rings. The van der Waals surface area contributed by atoms with E-state index in [1.807, 2.05) is 30.3 Å². The second kappa shape index (κ2) is 6.81. The molecule has 108 valence electrons. The van der Waals surface area contributed by atoms with Gasteiger partial charge in [0.15, 0.2) is 0 Å². The highest BCUT2D eigenvalue weighted by molar-refractivity contribution is 8.00. The predicted molar refractivity (Wildman–Crippen MR) is 78.6 cm³/mol. The molecule has 0 saturated heterocycles. The van der Waals surface area contributed by atoms with E-state index in [9.17, 15) is 14.7 Å². The number of carbonyl (C=O) groups is 2. The number of carbonyl (C=O) groups excluding carboxylic acids is 1. The summed E-state index contributed by atoms with van der Waals surface area (Å²) >= 11 is 1.38. The molecule has 2 N–H and O–H groups in total. The Morgan fingerprint density at radius 2 is 1.86 bits per heavy atom. The van der Waals surface area contributed by atoms with Crippen molar-refractivity contribution in [1.29, 1.82) is 0 Å². The molecular weight excluding hydrogens is 290 g/mol. The Morgan fingerprint density at radius 3 is 2.48 bits per heavy atom. The van der Waals surface area contributed by atoms with E-state index in [0.717, 1.165) is 11.0 Å². The van der Waals surface area contributed by atoms with Gasteiger partial charge >= 0.3 is 5.97 Å². The SMILES string of the molecule is O=C(CSc1ccccc1)Nc1ccc(C(=O)O)c([O-])c1. The second-order valence-electron chi connectivity index (χ2n) is 4.17. The van der Waals surface area contributed by atoms with E-state index in [4.69, 9.17) is 5.11 Å². The van der Waals surface area contributed by atoms with Crippen molar-refractivity contribution in [3.8, 4) is 5.75 Å². The third-order valence-corrected chi connectivity index (χ3v) is 3.62. The highest BCUT2D eigenvalue weighted by Crippen LogP contribution is 2.21. The number of aromatic carboxylic acids is 1. The fourth-order valence-corrected chi connectivity index (χ4v) is 2.36. The first-order valence-electron chi connectivity index (χ1n) is 6.08. The van der Waals surface area contributed by atoms with Gasteiger partial charge in [-0.25, -0.2) is 4.79 Å². The molecule has 2 rings (SSSR count). The van der Waals surface area contributed by atoms with Crippen LogP contribution >= 0.6 is 11.8 Å². The standard InChI is InChI=1S/C15H13NO4S/c17-13-8-10(6-7-12(13)15(19)20)16-14(18)9-21-11-4-2-1-3-5-11/h1-8,17H,9H2,(H,16,18)(H,19,20)/p-1. The third-order valence-electron chi connectivity index (χ3n) is 2.61. The first-order valence-corrected chi connectivity index (χ1v) is 7.07. The lowest BCUT2D eigenvalue weighted by molar-refractivity contribution is -0.268. The summed E-state index contributed by atoms with van der Waals surface area (Å²) in [5.41, 5.74) is -0.0182. The van der Waals surface area contributed by atoms with Crippen molar-refractivity contribution in [3.05, 3.63) is 54.1 Å². The maximum absolute atomic E-state index is 11.8. The van der Waals surface area contributed by atoms with Gasteiger partial charge in [-0.1, -0.05) is 23.9 Å². The number of rotatable bonds is 5. The van der Waals surface area contributed by atoms with Crippen LogP contribution in [-0.4, -0.2) is 22.7 Å². The number of nitrogens with one attached hydrogen (secondary N) is 1. The minimum Gasteiger partial charge on any atom is -0.872 e. The average Bonchev–Trinajstić information content (AvgIpc) is 2.46. The van der Waals surface area contributed by atoms with E-state index in [0.29, 0.717) is 5.69 Å². The van der Waals surface area contributed by atoms with Crippen LogP contribution < -0.4 is 10.4 Å². The molecule has 2 aromatic rings. The van der Waals surface area contributed by atoms with Gasteiger partial charge in [0.1, 0.15) is 0 Å². The van der Waals surface area contributed by atoms with Gasteiger partial charge in [0.25, 0.3) is 0 Å². The van der Waals surface area contributed by atoms with Crippen LogP contribution in [0.5, 0.6) is 5.75 Å². The van der Waals surface area contributed by atoms with Crippen LogP contribution in [0.15, 0.2) is 53.4 Å².